The van der Waals surface area contributed by atoms with Gasteiger partial charge in [-0.05, 0) is 66.3 Å². The maximum Gasteiger partial charge on any atom is 0.269 e. The summed E-state index contributed by atoms with van der Waals surface area (Å²) in [6.45, 7) is 1.98. The summed E-state index contributed by atoms with van der Waals surface area (Å²) < 4.78 is 0. The molecule has 0 aromatic heterocycles. The van der Waals surface area contributed by atoms with E-state index in [0.717, 1.165) is 17.5 Å². The average molecular weight is 378 g/mol. The van der Waals surface area contributed by atoms with Gasteiger partial charge in [-0.15, -0.1) is 0 Å². The van der Waals surface area contributed by atoms with E-state index in [0.29, 0.717) is 17.6 Å². The number of nitrogens with zero attached hydrogens (tertiary/aromatic N) is 2. The number of nitro benzene ring substituents is 2. The van der Waals surface area contributed by atoms with Crippen molar-refractivity contribution in [3.05, 3.63) is 91.0 Å². The zero-order chi connectivity index (χ0) is 20.3. The zero-order valence-electron chi connectivity index (χ0n) is 15.2. The summed E-state index contributed by atoms with van der Waals surface area (Å²) in [5, 5.41) is 21.5. The summed E-state index contributed by atoms with van der Waals surface area (Å²) >= 11 is 0. The topological polar surface area (TPSA) is 103 Å². The Kier molecular flexibility index (Phi) is 5.44. The molecule has 1 fully saturated rings. The fourth-order valence-corrected chi connectivity index (χ4v) is 3.16. The Hall–Kier alpha value is -3.61. The highest BCUT2D eigenvalue weighted by molar-refractivity contribution is 6.14. The Morgan fingerprint density at radius 1 is 0.857 bits per heavy atom. The highest BCUT2D eigenvalue weighted by Crippen LogP contribution is 2.33. The number of ketones is 1. The molecule has 0 spiro atoms. The lowest BCUT2D eigenvalue weighted by atomic mass is 9.80. The summed E-state index contributed by atoms with van der Waals surface area (Å²) in [5.74, 6) is 0.0205. The standard InChI is InChI=1S/C21H18N2O5/c1-14-2-7-17(12-15-3-8-18(9-4-15)22(25)26)21(24)20(14)13-16-5-10-19(11-6-16)23(27)28/h3-6,8-14H,2,7H2,1H3/b17-12+,20-13-/t14-/m1/s1. The molecule has 7 heteroatoms. The van der Waals surface area contributed by atoms with E-state index in [2.05, 4.69) is 0 Å². The maximum absolute atomic E-state index is 12.9. The molecule has 0 N–H and O–H groups in total. The van der Waals surface area contributed by atoms with Crippen LogP contribution in [-0.4, -0.2) is 15.6 Å². The van der Waals surface area contributed by atoms with Gasteiger partial charge in [0.1, 0.15) is 0 Å². The van der Waals surface area contributed by atoms with E-state index in [9.17, 15) is 25.0 Å². The molecule has 142 valence electrons. The van der Waals surface area contributed by atoms with Gasteiger partial charge in [-0.25, -0.2) is 0 Å². The molecular formula is C21H18N2O5. The minimum absolute atomic E-state index is 0.00363. The van der Waals surface area contributed by atoms with Gasteiger partial charge in [0.25, 0.3) is 11.4 Å². The number of benzene rings is 2. The molecule has 0 bridgehead atoms. The second kappa shape index (κ2) is 7.96. The third kappa shape index (κ3) is 4.20. The summed E-state index contributed by atoms with van der Waals surface area (Å²) in [5.41, 5.74) is 2.79. The first kappa shape index (κ1) is 19.2. The highest BCUT2D eigenvalue weighted by Gasteiger charge is 2.26. The number of nitro groups is 2. The molecule has 1 aliphatic carbocycles. The molecule has 1 saturated carbocycles. The molecule has 1 aliphatic rings. The molecule has 2 aromatic carbocycles. The first-order chi connectivity index (χ1) is 13.3. The minimum Gasteiger partial charge on any atom is -0.289 e. The lowest BCUT2D eigenvalue weighted by molar-refractivity contribution is -0.385. The number of allylic oxidation sites excluding steroid dienone is 2. The largest absolute Gasteiger partial charge is 0.289 e. The van der Waals surface area contributed by atoms with Gasteiger partial charge in [0.2, 0.25) is 0 Å². The molecule has 7 nitrogen and oxygen atoms in total. The third-order valence-electron chi connectivity index (χ3n) is 4.80. The van der Waals surface area contributed by atoms with Crippen LogP contribution in [0.1, 0.15) is 30.9 Å². The van der Waals surface area contributed by atoms with Crippen LogP contribution in [0, 0.1) is 26.1 Å². The van der Waals surface area contributed by atoms with Crippen LogP contribution in [0.4, 0.5) is 11.4 Å². The van der Waals surface area contributed by atoms with E-state index in [1.807, 2.05) is 6.92 Å². The number of Topliss-reactive ketones (excluding diaryl/α,β-unsaturated/α-hetero) is 1. The second-order valence-electron chi connectivity index (χ2n) is 6.74. The molecule has 3 rings (SSSR count). The monoisotopic (exact) mass is 378 g/mol. The molecule has 0 amide bonds. The minimum atomic E-state index is -0.463. The molecule has 0 radical (unpaired) electrons. The summed E-state index contributed by atoms with van der Waals surface area (Å²) in [6, 6.07) is 12.1. The number of carbonyl (C=O) groups is 1. The Balaban J connectivity index is 1.87. The summed E-state index contributed by atoms with van der Waals surface area (Å²) in [4.78, 5) is 33.5. The zero-order valence-corrected chi connectivity index (χ0v) is 15.2. The van der Waals surface area contributed by atoms with Gasteiger partial charge in [-0.3, -0.25) is 25.0 Å². The predicted octanol–water partition coefficient (Wildman–Crippen LogP) is 4.97. The Bertz CT molecular complexity index is 988. The number of non-ortho nitro benzene ring substituents is 2. The lowest BCUT2D eigenvalue weighted by Crippen LogP contribution is -2.19. The van der Waals surface area contributed by atoms with E-state index in [1.165, 1.54) is 24.3 Å². The average Bonchev–Trinajstić information content (AvgIpc) is 2.68. The molecule has 0 aliphatic heterocycles. The van der Waals surface area contributed by atoms with Crippen molar-refractivity contribution in [1.82, 2.24) is 0 Å². The van der Waals surface area contributed by atoms with Crippen LogP contribution in [0.2, 0.25) is 0 Å². The van der Waals surface area contributed by atoms with Crippen molar-refractivity contribution in [3.8, 4) is 0 Å². The summed E-state index contributed by atoms with van der Waals surface area (Å²) in [7, 11) is 0. The van der Waals surface area contributed by atoms with E-state index in [1.54, 1.807) is 36.4 Å². The van der Waals surface area contributed by atoms with E-state index in [4.69, 9.17) is 0 Å². The number of carbonyl (C=O) groups excluding carboxylic acids is 1. The molecular weight excluding hydrogens is 360 g/mol. The van der Waals surface area contributed by atoms with Gasteiger partial charge >= 0.3 is 0 Å². The van der Waals surface area contributed by atoms with Crippen LogP contribution in [-0.2, 0) is 4.79 Å². The Morgan fingerprint density at radius 2 is 1.32 bits per heavy atom. The van der Waals surface area contributed by atoms with Crippen molar-refractivity contribution < 1.29 is 14.6 Å². The van der Waals surface area contributed by atoms with Crippen LogP contribution in [0.5, 0.6) is 0 Å². The van der Waals surface area contributed by atoms with Gasteiger partial charge in [0, 0.05) is 35.4 Å². The van der Waals surface area contributed by atoms with Gasteiger partial charge < -0.3 is 0 Å². The first-order valence-corrected chi connectivity index (χ1v) is 8.81. The quantitative estimate of drug-likeness (QED) is 0.424. The van der Waals surface area contributed by atoms with Gasteiger partial charge in [-0.1, -0.05) is 6.92 Å². The Labute approximate surface area is 161 Å². The van der Waals surface area contributed by atoms with Crippen LogP contribution in [0.25, 0.3) is 12.2 Å². The molecule has 0 unspecified atom stereocenters. The van der Waals surface area contributed by atoms with Crippen molar-refractivity contribution in [2.75, 3.05) is 0 Å². The second-order valence-corrected chi connectivity index (χ2v) is 6.74. The smallest absolute Gasteiger partial charge is 0.269 e. The number of hydrogen-bond acceptors (Lipinski definition) is 5. The van der Waals surface area contributed by atoms with Gasteiger partial charge in [-0.2, -0.15) is 0 Å². The van der Waals surface area contributed by atoms with Crippen molar-refractivity contribution in [2.24, 2.45) is 5.92 Å². The molecule has 0 saturated heterocycles. The van der Waals surface area contributed by atoms with Gasteiger partial charge in [0.15, 0.2) is 5.78 Å². The summed E-state index contributed by atoms with van der Waals surface area (Å²) in [6.07, 6.45) is 4.99. The van der Waals surface area contributed by atoms with Crippen LogP contribution in [0.15, 0.2) is 59.7 Å². The highest BCUT2D eigenvalue weighted by atomic mass is 16.6. The molecule has 2 aromatic rings. The number of hydrogen-bond donors (Lipinski definition) is 0. The third-order valence-corrected chi connectivity index (χ3v) is 4.80. The fraction of sp³-hybridized carbons (Fsp3) is 0.190. The maximum atomic E-state index is 12.9. The molecule has 0 heterocycles. The predicted molar refractivity (Wildman–Crippen MR) is 106 cm³/mol. The van der Waals surface area contributed by atoms with Crippen LogP contribution >= 0.6 is 0 Å². The Morgan fingerprint density at radius 3 is 1.79 bits per heavy atom. The molecule has 28 heavy (non-hydrogen) atoms. The SMILES string of the molecule is C[C@@H]1CC/C(=C\c2ccc([N+](=O)[O-])cc2)C(=O)/C1=C\c1ccc([N+](=O)[O-])cc1. The molecule has 1 atom stereocenters. The van der Waals surface area contributed by atoms with Crippen LogP contribution in [0.3, 0.4) is 0 Å². The number of rotatable bonds is 4. The van der Waals surface area contributed by atoms with Crippen molar-refractivity contribution in [1.29, 1.82) is 0 Å². The first-order valence-electron chi connectivity index (χ1n) is 8.81. The van der Waals surface area contributed by atoms with Crippen molar-refractivity contribution >= 4 is 29.3 Å². The van der Waals surface area contributed by atoms with E-state index >= 15 is 0 Å². The van der Waals surface area contributed by atoms with Crippen LogP contribution < -0.4 is 0 Å². The lowest BCUT2D eigenvalue weighted by Gasteiger charge is -2.23. The normalized spacial score (nSPS) is 19.8. The van der Waals surface area contributed by atoms with Crippen molar-refractivity contribution in [3.63, 3.8) is 0 Å². The van der Waals surface area contributed by atoms with E-state index in [-0.39, 0.29) is 23.1 Å². The van der Waals surface area contributed by atoms with Gasteiger partial charge in [0.05, 0.1) is 9.85 Å². The fourth-order valence-electron chi connectivity index (χ4n) is 3.16. The van der Waals surface area contributed by atoms with Crippen molar-refractivity contribution in [2.45, 2.75) is 19.8 Å². The van der Waals surface area contributed by atoms with E-state index < -0.39 is 9.85 Å².